The molecule has 0 bridgehead atoms. The van der Waals surface area contributed by atoms with Crippen LogP contribution in [0.15, 0.2) is 36.9 Å². The lowest BCUT2D eigenvalue weighted by molar-refractivity contribution is 0.924. The Morgan fingerprint density at radius 3 is 2.38 bits per heavy atom. The van der Waals surface area contributed by atoms with Crippen LogP contribution >= 0.6 is 0 Å². The van der Waals surface area contributed by atoms with Gasteiger partial charge in [-0.1, -0.05) is 0 Å². The molecule has 2 heterocycles. The van der Waals surface area contributed by atoms with Crippen molar-refractivity contribution in [3.63, 3.8) is 0 Å². The quantitative estimate of drug-likeness (QED) is 0.749. The minimum absolute atomic E-state index is 0.599. The molecular formula is C9H10N4. The summed E-state index contributed by atoms with van der Waals surface area (Å²) in [5.74, 6) is 0.599. The zero-order valence-electron chi connectivity index (χ0n) is 7.31. The van der Waals surface area contributed by atoms with Crippen molar-refractivity contribution in [2.24, 2.45) is 0 Å². The van der Waals surface area contributed by atoms with Crippen molar-refractivity contribution in [2.45, 2.75) is 6.92 Å². The largest absolute Gasteiger partial charge is 0.268 e. The molecule has 0 unspecified atom stereocenters. The number of nitrogens with zero attached hydrogens (tertiary/aromatic N) is 3. The van der Waals surface area contributed by atoms with Crippen molar-refractivity contribution in [3.8, 4) is 0 Å². The van der Waals surface area contributed by atoms with Gasteiger partial charge in [-0.15, -0.1) is 0 Å². The Bertz CT molecular complexity index is 363. The highest BCUT2D eigenvalue weighted by Gasteiger charge is 1.93. The highest BCUT2D eigenvalue weighted by atomic mass is 15.4. The summed E-state index contributed by atoms with van der Waals surface area (Å²) >= 11 is 0. The van der Waals surface area contributed by atoms with Crippen LogP contribution in [0, 0.1) is 6.92 Å². The lowest BCUT2D eigenvalue weighted by atomic mass is 10.4. The highest BCUT2D eigenvalue weighted by Crippen LogP contribution is 1.99. The average molecular weight is 174 g/mol. The van der Waals surface area contributed by atoms with Crippen molar-refractivity contribution in [1.29, 1.82) is 0 Å². The molecule has 4 heteroatoms. The van der Waals surface area contributed by atoms with Crippen molar-refractivity contribution in [1.82, 2.24) is 14.6 Å². The first-order valence-corrected chi connectivity index (χ1v) is 4.03. The Morgan fingerprint density at radius 2 is 1.77 bits per heavy atom. The third-order valence-electron chi connectivity index (χ3n) is 1.61. The van der Waals surface area contributed by atoms with E-state index in [1.165, 1.54) is 0 Å². The van der Waals surface area contributed by atoms with Crippen LogP contribution in [0.5, 0.6) is 0 Å². The van der Waals surface area contributed by atoms with Gasteiger partial charge in [-0.05, 0) is 24.6 Å². The normalized spacial score (nSPS) is 9.92. The summed E-state index contributed by atoms with van der Waals surface area (Å²) in [6, 6.07) is 3.86. The van der Waals surface area contributed by atoms with Gasteiger partial charge in [0.25, 0.3) is 0 Å². The maximum atomic E-state index is 4.11. The highest BCUT2D eigenvalue weighted by molar-refractivity contribution is 5.24. The fourth-order valence-electron chi connectivity index (χ4n) is 0.975. The number of aryl methyl sites for hydroxylation is 1. The Morgan fingerprint density at radius 1 is 1.15 bits per heavy atom. The smallest absolute Gasteiger partial charge is 0.242 e. The van der Waals surface area contributed by atoms with E-state index in [9.17, 15) is 0 Å². The van der Waals surface area contributed by atoms with Crippen LogP contribution < -0.4 is 5.43 Å². The van der Waals surface area contributed by atoms with Gasteiger partial charge in [-0.2, -0.15) is 0 Å². The van der Waals surface area contributed by atoms with Crippen LogP contribution in [0.3, 0.4) is 0 Å². The molecule has 2 aromatic rings. The standard InChI is InChI=1S/C9H10N4/c1-8-6-10-9(11-7-8)12-13-4-2-3-5-13/h2-7H,1H3,(H,10,11,12). The van der Waals surface area contributed by atoms with Gasteiger partial charge in [-0.25, -0.2) is 9.97 Å². The first kappa shape index (κ1) is 7.79. The molecule has 0 spiro atoms. The molecule has 0 aliphatic heterocycles. The first-order valence-electron chi connectivity index (χ1n) is 4.03. The Balaban J connectivity index is 2.15. The van der Waals surface area contributed by atoms with E-state index >= 15 is 0 Å². The van der Waals surface area contributed by atoms with E-state index in [1.807, 2.05) is 31.5 Å². The molecule has 4 nitrogen and oxygen atoms in total. The van der Waals surface area contributed by atoms with Gasteiger partial charge in [0, 0.05) is 24.8 Å². The van der Waals surface area contributed by atoms with E-state index in [0.29, 0.717) is 5.95 Å². The number of aromatic nitrogens is 3. The SMILES string of the molecule is Cc1cnc(Nn2cccc2)nc1. The first-order chi connectivity index (χ1) is 6.34. The predicted molar refractivity (Wildman–Crippen MR) is 50.2 cm³/mol. The molecule has 0 atom stereocenters. The van der Waals surface area contributed by atoms with Crippen LogP contribution in [0.25, 0.3) is 0 Å². The second kappa shape index (κ2) is 3.26. The van der Waals surface area contributed by atoms with Gasteiger partial charge >= 0.3 is 0 Å². The minimum atomic E-state index is 0.599. The molecule has 2 aromatic heterocycles. The molecule has 0 saturated heterocycles. The fourth-order valence-corrected chi connectivity index (χ4v) is 0.975. The summed E-state index contributed by atoms with van der Waals surface area (Å²) in [5, 5.41) is 0. The molecule has 1 N–H and O–H groups in total. The molecule has 0 aromatic carbocycles. The van der Waals surface area contributed by atoms with Crippen LogP contribution in [-0.2, 0) is 0 Å². The van der Waals surface area contributed by atoms with Gasteiger partial charge in [-0.3, -0.25) is 10.1 Å². The molecule has 0 amide bonds. The maximum Gasteiger partial charge on any atom is 0.242 e. The number of nitrogens with one attached hydrogen (secondary N) is 1. The third-order valence-corrected chi connectivity index (χ3v) is 1.61. The van der Waals surface area contributed by atoms with Crippen LogP contribution in [0.4, 0.5) is 5.95 Å². The van der Waals surface area contributed by atoms with Crippen molar-refractivity contribution < 1.29 is 0 Å². The summed E-state index contributed by atoms with van der Waals surface area (Å²) < 4.78 is 1.80. The van der Waals surface area contributed by atoms with Gasteiger partial charge in [0.2, 0.25) is 5.95 Å². The minimum Gasteiger partial charge on any atom is -0.268 e. The van der Waals surface area contributed by atoms with Crippen LogP contribution in [0.2, 0.25) is 0 Å². The van der Waals surface area contributed by atoms with Crippen LogP contribution in [-0.4, -0.2) is 14.6 Å². The van der Waals surface area contributed by atoms with Gasteiger partial charge in [0.05, 0.1) is 0 Å². The van der Waals surface area contributed by atoms with Gasteiger partial charge in [0.15, 0.2) is 0 Å². The van der Waals surface area contributed by atoms with Gasteiger partial charge in [0.1, 0.15) is 0 Å². The number of hydrogen-bond donors (Lipinski definition) is 1. The molecule has 0 radical (unpaired) electrons. The lowest BCUT2D eigenvalue weighted by Gasteiger charge is -2.04. The molecule has 13 heavy (non-hydrogen) atoms. The Kier molecular flexibility index (Phi) is 1.96. The number of anilines is 1. The lowest BCUT2D eigenvalue weighted by Crippen LogP contribution is -2.08. The molecule has 0 aliphatic carbocycles. The second-order valence-electron chi connectivity index (χ2n) is 2.79. The van der Waals surface area contributed by atoms with Crippen molar-refractivity contribution in [3.05, 3.63) is 42.5 Å². The zero-order chi connectivity index (χ0) is 9.10. The molecule has 0 aliphatic rings. The average Bonchev–Trinajstić information content (AvgIpc) is 2.62. The van der Waals surface area contributed by atoms with E-state index in [4.69, 9.17) is 0 Å². The molecule has 0 saturated carbocycles. The van der Waals surface area contributed by atoms with Gasteiger partial charge < -0.3 is 0 Å². The topological polar surface area (TPSA) is 42.7 Å². The Labute approximate surface area is 76.2 Å². The fraction of sp³-hybridized carbons (Fsp3) is 0.111. The van der Waals surface area contributed by atoms with Crippen molar-refractivity contribution >= 4 is 5.95 Å². The van der Waals surface area contributed by atoms with Crippen molar-refractivity contribution in [2.75, 3.05) is 5.43 Å². The van der Waals surface area contributed by atoms with E-state index in [-0.39, 0.29) is 0 Å². The summed E-state index contributed by atoms with van der Waals surface area (Å²) in [6.45, 7) is 1.96. The molecule has 2 rings (SSSR count). The van der Waals surface area contributed by atoms with E-state index in [0.717, 1.165) is 5.56 Å². The summed E-state index contributed by atoms with van der Waals surface area (Å²) in [4.78, 5) is 8.22. The zero-order valence-corrected chi connectivity index (χ0v) is 7.31. The van der Waals surface area contributed by atoms with Crippen LogP contribution in [0.1, 0.15) is 5.56 Å². The molecular weight excluding hydrogens is 164 g/mol. The summed E-state index contributed by atoms with van der Waals surface area (Å²) in [7, 11) is 0. The van der Waals surface area contributed by atoms with E-state index < -0.39 is 0 Å². The van der Waals surface area contributed by atoms with E-state index in [2.05, 4.69) is 15.4 Å². The predicted octanol–water partition coefficient (Wildman–Crippen LogP) is 1.46. The molecule has 66 valence electrons. The number of rotatable bonds is 2. The Hall–Kier alpha value is -1.84. The summed E-state index contributed by atoms with van der Waals surface area (Å²) in [5.41, 5.74) is 4.06. The number of hydrogen-bond acceptors (Lipinski definition) is 3. The maximum absolute atomic E-state index is 4.11. The van der Waals surface area contributed by atoms with E-state index in [1.54, 1.807) is 17.1 Å². The summed E-state index contributed by atoms with van der Waals surface area (Å²) in [6.07, 6.45) is 7.34. The monoisotopic (exact) mass is 174 g/mol. The third kappa shape index (κ3) is 1.84. The second-order valence-corrected chi connectivity index (χ2v) is 2.79. The molecule has 0 fully saturated rings.